The molecule has 0 saturated carbocycles. The van der Waals surface area contributed by atoms with Crippen LogP contribution in [0.25, 0.3) is 0 Å². The third-order valence-corrected chi connectivity index (χ3v) is 4.28. The monoisotopic (exact) mass is 368 g/mol. The number of allylic oxidation sites excluding steroid dienone is 2. The average Bonchev–Trinajstić information content (AvgIpc) is 2.50. The smallest absolute Gasteiger partial charge is 0.332 e. The summed E-state index contributed by atoms with van der Waals surface area (Å²) in [7, 11) is 5.83. The van der Waals surface area contributed by atoms with Crippen LogP contribution in [0.3, 0.4) is 0 Å². The van der Waals surface area contributed by atoms with Crippen LogP contribution in [-0.4, -0.2) is 65.4 Å². The maximum absolute atomic E-state index is 11.8. The molecule has 0 fully saturated rings. The Morgan fingerprint density at radius 2 is 1.19 bits per heavy atom. The van der Waals surface area contributed by atoms with Crippen LogP contribution in [0.5, 0.6) is 0 Å². The molecule has 26 heavy (non-hydrogen) atoms. The zero-order valence-electron chi connectivity index (χ0n) is 16.6. The van der Waals surface area contributed by atoms with Crippen LogP contribution in [-0.2, 0) is 14.4 Å². The Bertz CT molecular complexity index is 689. The highest BCUT2D eigenvalue weighted by Gasteiger charge is 2.25. The highest BCUT2D eigenvalue weighted by atomic mass is 16.4. The number of carbonyl (C=O) groups is 3. The lowest BCUT2D eigenvalue weighted by atomic mass is 9.85. The number of aliphatic carboxylic acids is 3. The lowest BCUT2D eigenvalue weighted by Gasteiger charge is -2.26. The van der Waals surface area contributed by atoms with Gasteiger partial charge >= 0.3 is 17.9 Å². The van der Waals surface area contributed by atoms with Gasteiger partial charge in [0.15, 0.2) is 0 Å². The lowest BCUT2D eigenvalue weighted by Crippen LogP contribution is -2.35. The normalized spacial score (nSPS) is 14.9. The van der Waals surface area contributed by atoms with Crippen molar-refractivity contribution in [2.45, 2.75) is 40.5 Å². The molecule has 0 bridgehead atoms. The first-order valence-electron chi connectivity index (χ1n) is 8.36. The Kier molecular flexibility index (Phi) is 8.47. The first-order chi connectivity index (χ1) is 11.7. The van der Waals surface area contributed by atoms with E-state index in [1.807, 2.05) is 21.1 Å². The van der Waals surface area contributed by atoms with E-state index in [-0.39, 0.29) is 34.3 Å². The van der Waals surface area contributed by atoms with Gasteiger partial charge in [-0.1, -0.05) is 6.92 Å². The molecule has 7 heteroatoms. The van der Waals surface area contributed by atoms with Gasteiger partial charge in [-0.05, 0) is 43.9 Å². The van der Waals surface area contributed by atoms with Crippen molar-refractivity contribution < 1.29 is 34.2 Å². The highest BCUT2D eigenvalue weighted by molar-refractivity contribution is 5.95. The molecule has 0 amide bonds. The summed E-state index contributed by atoms with van der Waals surface area (Å²) >= 11 is 0. The fourth-order valence-electron chi connectivity index (χ4n) is 2.49. The molecular formula is C19H30NO6+. The van der Waals surface area contributed by atoms with Crippen LogP contribution in [0.2, 0.25) is 0 Å². The number of hydrogen-bond donors (Lipinski definition) is 3. The van der Waals surface area contributed by atoms with Crippen LogP contribution in [0.1, 0.15) is 40.5 Å². The SMILES string of the molecule is CCC(C(=O)O)=C(C(C)=C(C)C(=O)O)C(CC[N+](C)(C)C)=C(C)C(=O)O. The summed E-state index contributed by atoms with van der Waals surface area (Å²) in [5.74, 6) is -3.50. The number of carboxylic acid groups (broad SMARTS) is 3. The summed E-state index contributed by atoms with van der Waals surface area (Å²) < 4.78 is 0.554. The van der Waals surface area contributed by atoms with Gasteiger partial charge in [0.1, 0.15) is 0 Å². The first-order valence-corrected chi connectivity index (χ1v) is 8.36. The Morgan fingerprint density at radius 1 is 0.731 bits per heavy atom. The molecule has 0 aromatic carbocycles. The average molecular weight is 368 g/mol. The predicted octanol–water partition coefficient (Wildman–Crippen LogP) is 2.70. The van der Waals surface area contributed by atoms with Crippen molar-refractivity contribution in [2.24, 2.45) is 0 Å². The van der Waals surface area contributed by atoms with Crippen molar-refractivity contribution in [3.63, 3.8) is 0 Å². The van der Waals surface area contributed by atoms with Gasteiger partial charge in [0, 0.05) is 23.1 Å². The summed E-state index contributed by atoms with van der Waals surface area (Å²) in [6.07, 6.45) is 0.466. The molecule has 0 unspecified atom stereocenters. The molecule has 7 nitrogen and oxygen atoms in total. The molecule has 0 rings (SSSR count). The molecule has 0 spiro atoms. The third-order valence-electron chi connectivity index (χ3n) is 4.28. The molecule has 0 aliphatic carbocycles. The van der Waals surface area contributed by atoms with Gasteiger partial charge in [0.25, 0.3) is 0 Å². The van der Waals surface area contributed by atoms with Gasteiger partial charge in [0.05, 0.1) is 27.7 Å². The zero-order valence-corrected chi connectivity index (χ0v) is 16.6. The fraction of sp³-hybridized carbons (Fsp3) is 0.526. The van der Waals surface area contributed by atoms with E-state index in [1.54, 1.807) is 6.92 Å². The minimum absolute atomic E-state index is 0.00635. The van der Waals surface area contributed by atoms with E-state index < -0.39 is 17.9 Å². The molecule has 0 aromatic rings. The van der Waals surface area contributed by atoms with Crippen molar-refractivity contribution in [2.75, 3.05) is 27.7 Å². The fourth-order valence-corrected chi connectivity index (χ4v) is 2.49. The first kappa shape index (κ1) is 23.6. The molecule has 0 atom stereocenters. The van der Waals surface area contributed by atoms with E-state index in [9.17, 15) is 29.7 Å². The Balaban J connectivity index is 6.91. The van der Waals surface area contributed by atoms with E-state index in [0.29, 0.717) is 23.0 Å². The van der Waals surface area contributed by atoms with Crippen molar-refractivity contribution in [1.82, 2.24) is 0 Å². The van der Waals surface area contributed by atoms with Crippen LogP contribution in [0.4, 0.5) is 0 Å². The van der Waals surface area contributed by atoms with E-state index in [4.69, 9.17) is 0 Å². The van der Waals surface area contributed by atoms with Gasteiger partial charge < -0.3 is 19.8 Å². The topological polar surface area (TPSA) is 112 Å². The molecule has 3 N–H and O–H groups in total. The summed E-state index contributed by atoms with van der Waals surface area (Å²) in [5, 5.41) is 28.4. The van der Waals surface area contributed by atoms with Crippen molar-refractivity contribution >= 4 is 17.9 Å². The van der Waals surface area contributed by atoms with E-state index in [1.165, 1.54) is 20.8 Å². The van der Waals surface area contributed by atoms with Crippen LogP contribution < -0.4 is 0 Å². The molecule has 146 valence electrons. The van der Waals surface area contributed by atoms with Crippen LogP contribution in [0.15, 0.2) is 33.4 Å². The van der Waals surface area contributed by atoms with Gasteiger partial charge in [0.2, 0.25) is 0 Å². The number of carboxylic acids is 3. The second-order valence-electron chi connectivity index (χ2n) is 7.24. The summed E-state index contributed by atoms with van der Waals surface area (Å²) in [4.78, 5) is 34.8. The minimum atomic E-state index is -1.18. The lowest BCUT2D eigenvalue weighted by molar-refractivity contribution is -0.870. The number of rotatable bonds is 9. The second-order valence-corrected chi connectivity index (χ2v) is 7.24. The summed E-state index contributed by atoms with van der Waals surface area (Å²) in [6, 6.07) is 0. The number of nitrogens with zero attached hydrogens (tertiary/aromatic N) is 1. The summed E-state index contributed by atoms with van der Waals surface area (Å²) in [5.41, 5.74) is 0.886. The molecule has 0 aromatic heterocycles. The minimum Gasteiger partial charge on any atom is -0.478 e. The molecule has 0 aliphatic heterocycles. The quantitative estimate of drug-likeness (QED) is 0.328. The largest absolute Gasteiger partial charge is 0.478 e. The maximum atomic E-state index is 11.8. The molecular weight excluding hydrogens is 338 g/mol. The molecule has 0 saturated heterocycles. The Morgan fingerprint density at radius 3 is 1.50 bits per heavy atom. The number of hydrogen-bond acceptors (Lipinski definition) is 3. The van der Waals surface area contributed by atoms with Crippen molar-refractivity contribution in [3.05, 3.63) is 33.4 Å². The third kappa shape index (κ3) is 6.48. The Labute approximate surface area is 154 Å². The standard InChI is InChI=1S/C19H29NO6/c1-8-14(19(25)26)16(11(2)12(3)17(21)22)15(13(4)18(23)24)9-10-20(5,6)7/h8-10H2,1-7H3,(H2-,21,22,23,24,25,26)/p+1. The van der Waals surface area contributed by atoms with Crippen LogP contribution in [0, 0.1) is 0 Å². The number of quaternary nitrogens is 1. The molecule has 0 radical (unpaired) electrons. The predicted molar refractivity (Wildman–Crippen MR) is 98.8 cm³/mol. The zero-order chi connectivity index (χ0) is 20.8. The van der Waals surface area contributed by atoms with Gasteiger partial charge in [-0.3, -0.25) is 0 Å². The highest BCUT2D eigenvalue weighted by Crippen LogP contribution is 2.32. The van der Waals surface area contributed by atoms with Crippen molar-refractivity contribution in [3.8, 4) is 0 Å². The van der Waals surface area contributed by atoms with Gasteiger partial charge in [-0.25, -0.2) is 14.4 Å². The van der Waals surface area contributed by atoms with Gasteiger partial charge in [-0.15, -0.1) is 0 Å². The second kappa shape index (κ2) is 9.33. The molecule has 0 aliphatic rings. The van der Waals surface area contributed by atoms with Crippen LogP contribution >= 0.6 is 0 Å². The van der Waals surface area contributed by atoms with Crippen molar-refractivity contribution in [1.29, 1.82) is 0 Å². The molecule has 0 heterocycles. The van der Waals surface area contributed by atoms with E-state index >= 15 is 0 Å². The maximum Gasteiger partial charge on any atom is 0.332 e. The van der Waals surface area contributed by atoms with E-state index in [0.717, 1.165) is 0 Å². The Hall–Kier alpha value is -2.41. The summed E-state index contributed by atoms with van der Waals surface area (Å²) in [6.45, 7) is 6.56. The van der Waals surface area contributed by atoms with E-state index in [2.05, 4.69) is 0 Å². The van der Waals surface area contributed by atoms with Gasteiger partial charge in [-0.2, -0.15) is 0 Å².